The molecule has 0 spiro atoms. The van der Waals surface area contributed by atoms with Gasteiger partial charge in [0.05, 0.1) is 55.1 Å². The molecule has 0 saturated heterocycles. The zero-order valence-corrected chi connectivity index (χ0v) is 18.8. The summed E-state index contributed by atoms with van der Waals surface area (Å²) in [5, 5.41) is 10.0. The summed E-state index contributed by atoms with van der Waals surface area (Å²) in [6.45, 7) is 0. The number of ether oxygens (including phenoxy) is 2. The normalized spacial score (nSPS) is 15.6. The number of methoxy groups -OCH3 is 2. The van der Waals surface area contributed by atoms with E-state index in [9.17, 15) is 14.9 Å². The smallest absolute Gasteiger partial charge is 0.355 e. The van der Waals surface area contributed by atoms with Crippen LogP contribution < -0.4 is 10.6 Å². The molecule has 176 valence electrons. The minimum Gasteiger partial charge on any atom is -0.466 e. The number of carbonyl (C=O) groups is 2. The van der Waals surface area contributed by atoms with Crippen LogP contribution in [-0.4, -0.2) is 35.7 Å². The van der Waals surface area contributed by atoms with Gasteiger partial charge in [0.25, 0.3) is 0 Å². The summed E-state index contributed by atoms with van der Waals surface area (Å²) >= 11 is 0. The number of nitrogens with two attached hydrogens (primary N) is 1. The number of hydrogen-bond donors (Lipinski definition) is 1. The van der Waals surface area contributed by atoms with Gasteiger partial charge in [0.1, 0.15) is 17.3 Å². The highest BCUT2D eigenvalue weighted by atomic mass is 19.1. The average molecular weight is 473 g/mol. The Morgan fingerprint density at radius 3 is 2.40 bits per heavy atom. The first-order chi connectivity index (χ1) is 16.9. The van der Waals surface area contributed by atoms with E-state index in [-0.39, 0.29) is 34.0 Å². The molecule has 1 aliphatic rings. The van der Waals surface area contributed by atoms with Crippen molar-refractivity contribution < 1.29 is 23.5 Å². The molecule has 1 unspecified atom stereocenters. The third kappa shape index (κ3) is 4.00. The lowest BCUT2D eigenvalue weighted by atomic mass is 9.81. The number of allylic oxidation sites excluding steroid dienone is 1. The van der Waals surface area contributed by atoms with Gasteiger partial charge in [0, 0.05) is 18.5 Å². The van der Waals surface area contributed by atoms with E-state index < -0.39 is 23.7 Å². The van der Waals surface area contributed by atoms with Crippen molar-refractivity contribution in [2.24, 2.45) is 5.73 Å². The Morgan fingerprint density at radius 1 is 1.11 bits per heavy atom. The summed E-state index contributed by atoms with van der Waals surface area (Å²) in [4.78, 5) is 31.1. The van der Waals surface area contributed by atoms with Crippen LogP contribution >= 0.6 is 0 Å². The molecule has 0 aliphatic carbocycles. The molecule has 0 fully saturated rings. The van der Waals surface area contributed by atoms with Gasteiger partial charge in [0.15, 0.2) is 0 Å². The Bertz CT molecular complexity index is 1390. The van der Waals surface area contributed by atoms with E-state index >= 15 is 4.39 Å². The van der Waals surface area contributed by atoms with Gasteiger partial charge in [-0.1, -0.05) is 30.3 Å². The first-order valence-corrected chi connectivity index (χ1v) is 10.4. The van der Waals surface area contributed by atoms with E-state index in [1.54, 1.807) is 36.5 Å². The summed E-state index contributed by atoms with van der Waals surface area (Å²) in [5.74, 6) is -3.58. The number of rotatable bonds is 5. The Kier molecular flexibility index (Phi) is 6.33. The third-order valence-electron chi connectivity index (χ3n) is 5.58. The van der Waals surface area contributed by atoms with Gasteiger partial charge in [0.2, 0.25) is 0 Å². The summed E-state index contributed by atoms with van der Waals surface area (Å²) in [5.41, 5.74) is 6.81. The zero-order chi connectivity index (χ0) is 25.1. The van der Waals surface area contributed by atoms with Crippen LogP contribution in [0.2, 0.25) is 0 Å². The number of nitrogens with zero attached hydrogens (tertiary/aromatic N) is 4. The van der Waals surface area contributed by atoms with Crippen molar-refractivity contribution >= 4 is 17.6 Å². The quantitative estimate of drug-likeness (QED) is 0.561. The molecule has 0 amide bonds. The molecule has 9 nitrogen and oxygen atoms in total. The SMILES string of the molecule is COC(=O)C1=C(C(=O)OC)N(c2ccc(-n3ccnc3)c(F)c2)C(N)=C(C#N)C1c1ccccc1. The van der Waals surface area contributed by atoms with Gasteiger partial charge in [-0.2, -0.15) is 5.26 Å². The van der Waals surface area contributed by atoms with E-state index in [1.807, 2.05) is 6.07 Å². The van der Waals surface area contributed by atoms with Crippen LogP contribution in [0.5, 0.6) is 0 Å². The van der Waals surface area contributed by atoms with Crippen LogP contribution in [0.25, 0.3) is 5.69 Å². The second-order valence-corrected chi connectivity index (χ2v) is 7.44. The fraction of sp³-hybridized carbons (Fsp3) is 0.120. The molecule has 2 N–H and O–H groups in total. The topological polar surface area (TPSA) is 123 Å². The molecule has 4 rings (SSSR count). The molecule has 2 aromatic carbocycles. The average Bonchev–Trinajstić information content (AvgIpc) is 3.42. The molecule has 10 heteroatoms. The predicted molar refractivity (Wildman–Crippen MR) is 123 cm³/mol. The Balaban J connectivity index is 2.00. The lowest BCUT2D eigenvalue weighted by Crippen LogP contribution is -2.40. The van der Waals surface area contributed by atoms with Crippen molar-refractivity contribution in [3.8, 4) is 11.8 Å². The molecule has 0 radical (unpaired) electrons. The van der Waals surface area contributed by atoms with Crippen molar-refractivity contribution in [1.29, 1.82) is 5.26 Å². The molecule has 0 saturated carbocycles. The second kappa shape index (κ2) is 9.52. The number of benzene rings is 2. The first-order valence-electron chi connectivity index (χ1n) is 10.4. The number of anilines is 1. The number of nitriles is 1. The highest BCUT2D eigenvalue weighted by Gasteiger charge is 2.43. The summed E-state index contributed by atoms with van der Waals surface area (Å²) in [7, 11) is 2.30. The Hall–Kier alpha value is -4.91. The van der Waals surface area contributed by atoms with Gasteiger partial charge in [-0.3, -0.25) is 4.90 Å². The van der Waals surface area contributed by atoms with E-state index in [2.05, 4.69) is 4.98 Å². The Labute approximate surface area is 200 Å². The van der Waals surface area contributed by atoms with E-state index in [1.165, 1.54) is 29.2 Å². The number of carbonyl (C=O) groups excluding carboxylic acids is 2. The molecular formula is C25H20FN5O4. The molecular weight excluding hydrogens is 453 g/mol. The van der Waals surface area contributed by atoms with Crippen molar-refractivity contribution in [1.82, 2.24) is 9.55 Å². The maximum atomic E-state index is 15.1. The van der Waals surface area contributed by atoms with E-state index in [4.69, 9.17) is 15.2 Å². The highest BCUT2D eigenvalue weighted by molar-refractivity contribution is 6.06. The number of aromatic nitrogens is 2. The first kappa shape index (κ1) is 23.3. The maximum absolute atomic E-state index is 15.1. The van der Waals surface area contributed by atoms with Gasteiger partial charge in [-0.05, 0) is 17.7 Å². The number of halogens is 1. The predicted octanol–water partition coefficient (Wildman–Crippen LogP) is 2.91. The van der Waals surface area contributed by atoms with Crippen LogP contribution in [0, 0.1) is 17.1 Å². The van der Waals surface area contributed by atoms with Crippen molar-refractivity contribution in [2.45, 2.75) is 5.92 Å². The van der Waals surface area contributed by atoms with Gasteiger partial charge in [-0.25, -0.2) is 19.0 Å². The van der Waals surface area contributed by atoms with Crippen LogP contribution in [-0.2, 0) is 19.1 Å². The van der Waals surface area contributed by atoms with Gasteiger partial charge >= 0.3 is 11.9 Å². The molecule has 2 heterocycles. The van der Waals surface area contributed by atoms with E-state index in [0.717, 1.165) is 25.2 Å². The van der Waals surface area contributed by atoms with Crippen molar-refractivity contribution in [3.05, 3.63) is 101 Å². The molecule has 3 aromatic rings. The lowest BCUT2D eigenvalue weighted by Gasteiger charge is -2.36. The fourth-order valence-electron chi connectivity index (χ4n) is 4.03. The summed E-state index contributed by atoms with van der Waals surface area (Å²) in [6, 6.07) is 14.8. The minimum absolute atomic E-state index is 0.0108. The summed E-state index contributed by atoms with van der Waals surface area (Å²) < 4.78 is 26.5. The lowest BCUT2D eigenvalue weighted by molar-refractivity contribution is -0.139. The minimum atomic E-state index is -1.01. The molecule has 1 aromatic heterocycles. The highest BCUT2D eigenvalue weighted by Crippen LogP contribution is 2.43. The molecule has 1 aliphatic heterocycles. The van der Waals surface area contributed by atoms with E-state index in [0.29, 0.717) is 5.56 Å². The third-order valence-corrected chi connectivity index (χ3v) is 5.58. The second-order valence-electron chi connectivity index (χ2n) is 7.44. The largest absolute Gasteiger partial charge is 0.466 e. The van der Waals surface area contributed by atoms with Gasteiger partial charge < -0.3 is 19.8 Å². The number of esters is 2. The van der Waals surface area contributed by atoms with Crippen molar-refractivity contribution in [2.75, 3.05) is 19.1 Å². The summed E-state index contributed by atoms with van der Waals surface area (Å²) in [6.07, 6.45) is 4.50. The standard InChI is InChI=1S/C25H20FN5O4/c1-34-24(32)21-20(15-6-4-3-5-7-15)17(13-27)23(28)31(22(21)25(33)35-2)16-8-9-19(18(26)12-16)30-11-10-29-14-30/h3-12,14,20H,28H2,1-2H3. The molecule has 35 heavy (non-hydrogen) atoms. The molecule has 1 atom stereocenters. The van der Waals surface area contributed by atoms with Crippen LogP contribution in [0.4, 0.5) is 10.1 Å². The molecule has 0 bridgehead atoms. The van der Waals surface area contributed by atoms with Crippen LogP contribution in [0.15, 0.2) is 89.9 Å². The monoisotopic (exact) mass is 473 g/mol. The maximum Gasteiger partial charge on any atom is 0.355 e. The number of hydrogen-bond acceptors (Lipinski definition) is 8. The van der Waals surface area contributed by atoms with Crippen LogP contribution in [0.3, 0.4) is 0 Å². The Morgan fingerprint density at radius 2 is 1.83 bits per heavy atom. The zero-order valence-electron chi connectivity index (χ0n) is 18.8. The number of imidazole rings is 1. The van der Waals surface area contributed by atoms with Gasteiger partial charge in [-0.15, -0.1) is 0 Å². The fourth-order valence-corrected chi connectivity index (χ4v) is 4.03. The van der Waals surface area contributed by atoms with Crippen molar-refractivity contribution in [3.63, 3.8) is 0 Å². The van der Waals surface area contributed by atoms with Crippen LogP contribution in [0.1, 0.15) is 11.5 Å².